The first-order valence-corrected chi connectivity index (χ1v) is 10.1. The number of aromatic nitrogens is 4. The largest absolute Gasteiger partial charge is 0.272 e. The van der Waals surface area contributed by atoms with Crippen molar-refractivity contribution in [3.8, 4) is 11.3 Å². The van der Waals surface area contributed by atoms with Crippen molar-refractivity contribution in [2.75, 3.05) is 19.3 Å². The van der Waals surface area contributed by atoms with Crippen LogP contribution in [0.4, 0.5) is 0 Å². The third-order valence-electron chi connectivity index (χ3n) is 4.33. The summed E-state index contributed by atoms with van der Waals surface area (Å²) in [6.07, 6.45) is 11.1. The third kappa shape index (κ3) is 3.81. The van der Waals surface area contributed by atoms with Crippen molar-refractivity contribution in [1.82, 2.24) is 24.1 Å². The predicted octanol–water partition coefficient (Wildman–Crippen LogP) is 1.57. The van der Waals surface area contributed by atoms with E-state index in [1.807, 2.05) is 17.1 Å². The van der Waals surface area contributed by atoms with Crippen molar-refractivity contribution in [3.63, 3.8) is 0 Å². The Kier molecular flexibility index (Phi) is 4.96. The van der Waals surface area contributed by atoms with Gasteiger partial charge in [-0.15, -0.1) is 0 Å². The average Bonchev–Trinajstić information content (AvgIpc) is 3.17. The molecule has 0 spiro atoms. The van der Waals surface area contributed by atoms with E-state index in [2.05, 4.69) is 22.0 Å². The molecule has 3 heterocycles. The van der Waals surface area contributed by atoms with E-state index < -0.39 is 10.0 Å². The minimum Gasteiger partial charge on any atom is -0.272 e. The zero-order valence-electron chi connectivity index (χ0n) is 14.1. The van der Waals surface area contributed by atoms with Crippen LogP contribution in [-0.4, -0.2) is 51.8 Å². The molecule has 1 aliphatic heterocycles. The molecule has 0 N–H and O–H groups in total. The summed E-state index contributed by atoms with van der Waals surface area (Å²) in [6.45, 7) is 4.14. The number of nitrogens with zero attached hydrogens (tertiary/aromatic N) is 5. The van der Waals surface area contributed by atoms with Crippen LogP contribution in [0.5, 0.6) is 0 Å². The van der Waals surface area contributed by atoms with Gasteiger partial charge in [0.25, 0.3) is 0 Å². The Bertz CT molecular complexity index is 802. The highest BCUT2D eigenvalue weighted by atomic mass is 32.2. The summed E-state index contributed by atoms with van der Waals surface area (Å²) >= 11 is 0. The van der Waals surface area contributed by atoms with Crippen LogP contribution in [0.25, 0.3) is 11.3 Å². The molecule has 2 aromatic heterocycles. The Morgan fingerprint density at radius 3 is 2.79 bits per heavy atom. The van der Waals surface area contributed by atoms with Gasteiger partial charge in [0, 0.05) is 43.8 Å². The monoisotopic (exact) mass is 349 g/mol. The Morgan fingerprint density at radius 2 is 2.08 bits per heavy atom. The van der Waals surface area contributed by atoms with E-state index in [9.17, 15) is 8.42 Å². The third-order valence-corrected chi connectivity index (χ3v) is 5.60. The van der Waals surface area contributed by atoms with Gasteiger partial charge in [-0.1, -0.05) is 6.92 Å². The summed E-state index contributed by atoms with van der Waals surface area (Å²) in [4.78, 5) is 8.98. The van der Waals surface area contributed by atoms with Crippen LogP contribution in [0.2, 0.25) is 0 Å². The molecule has 0 aromatic carbocycles. The minimum absolute atomic E-state index is 0.279. The van der Waals surface area contributed by atoms with Crippen LogP contribution in [-0.2, 0) is 23.0 Å². The smallest absolute Gasteiger partial charge is 0.211 e. The van der Waals surface area contributed by atoms with E-state index in [0.717, 1.165) is 42.8 Å². The van der Waals surface area contributed by atoms with Crippen molar-refractivity contribution >= 4 is 10.0 Å². The van der Waals surface area contributed by atoms with E-state index in [0.29, 0.717) is 13.1 Å². The number of hydrogen-bond donors (Lipinski definition) is 0. The summed E-state index contributed by atoms with van der Waals surface area (Å²) in [5.74, 6) is 0.279. The van der Waals surface area contributed by atoms with E-state index in [1.165, 1.54) is 6.26 Å². The van der Waals surface area contributed by atoms with Crippen molar-refractivity contribution in [1.29, 1.82) is 0 Å². The molecule has 0 saturated carbocycles. The fourth-order valence-electron chi connectivity index (χ4n) is 3.13. The molecule has 3 rings (SSSR count). The maximum Gasteiger partial charge on any atom is 0.211 e. The molecule has 0 amide bonds. The number of hydrogen-bond acceptors (Lipinski definition) is 5. The zero-order chi connectivity index (χ0) is 17.2. The predicted molar refractivity (Wildman–Crippen MR) is 91.8 cm³/mol. The van der Waals surface area contributed by atoms with Gasteiger partial charge >= 0.3 is 0 Å². The molecule has 7 nitrogen and oxygen atoms in total. The van der Waals surface area contributed by atoms with Crippen LogP contribution in [0.3, 0.4) is 0 Å². The molecule has 1 saturated heterocycles. The molecule has 8 heteroatoms. The summed E-state index contributed by atoms with van der Waals surface area (Å²) in [5, 5.41) is 4.36. The highest BCUT2D eigenvalue weighted by Crippen LogP contribution is 2.26. The fourth-order valence-corrected chi connectivity index (χ4v) is 4.05. The van der Waals surface area contributed by atoms with Crippen molar-refractivity contribution in [3.05, 3.63) is 30.5 Å². The lowest BCUT2D eigenvalue weighted by atomic mass is 10.00. The van der Waals surface area contributed by atoms with Crippen molar-refractivity contribution in [2.45, 2.75) is 32.7 Å². The maximum absolute atomic E-state index is 11.7. The Balaban J connectivity index is 1.77. The van der Waals surface area contributed by atoms with Gasteiger partial charge in [0.15, 0.2) is 0 Å². The Labute approximate surface area is 142 Å². The summed E-state index contributed by atoms with van der Waals surface area (Å²) < 4.78 is 26.8. The Hall–Kier alpha value is -1.80. The van der Waals surface area contributed by atoms with Gasteiger partial charge in [-0.3, -0.25) is 14.6 Å². The van der Waals surface area contributed by atoms with Crippen LogP contribution in [0, 0.1) is 5.92 Å². The molecular weight excluding hydrogens is 326 g/mol. The molecule has 0 unspecified atom stereocenters. The lowest BCUT2D eigenvalue weighted by Crippen LogP contribution is -2.27. The van der Waals surface area contributed by atoms with E-state index in [1.54, 1.807) is 16.7 Å². The van der Waals surface area contributed by atoms with Crippen molar-refractivity contribution < 1.29 is 8.42 Å². The SMILES string of the molecule is CCCn1cc(-c2nccnc2C[C@@H]2CCN(S(C)(=O)=O)C2)cn1. The standard InChI is InChI=1S/C16H23N5O2S/c1-3-7-20-12-14(10-19-20)16-15(17-5-6-18-16)9-13-4-8-21(11-13)24(2,22)23/h5-6,10,12-13H,3-4,7-9,11H2,1-2H3/t13-/m0/s1. The van der Waals surface area contributed by atoms with Gasteiger partial charge in [0.05, 0.1) is 23.8 Å². The van der Waals surface area contributed by atoms with Crippen LogP contribution < -0.4 is 0 Å². The second-order valence-corrected chi connectivity index (χ2v) is 8.31. The first kappa shape index (κ1) is 17.0. The highest BCUT2D eigenvalue weighted by molar-refractivity contribution is 7.88. The second kappa shape index (κ2) is 6.98. The molecule has 130 valence electrons. The average molecular weight is 349 g/mol. The summed E-state index contributed by atoms with van der Waals surface area (Å²) in [7, 11) is -3.11. The van der Waals surface area contributed by atoms with Gasteiger partial charge in [0.2, 0.25) is 10.0 Å². The lowest BCUT2D eigenvalue weighted by molar-refractivity contribution is 0.459. The van der Waals surface area contributed by atoms with Crippen LogP contribution in [0.15, 0.2) is 24.8 Å². The molecule has 1 fully saturated rings. The second-order valence-electron chi connectivity index (χ2n) is 6.32. The lowest BCUT2D eigenvalue weighted by Gasteiger charge is -2.14. The van der Waals surface area contributed by atoms with Gasteiger partial charge in [-0.2, -0.15) is 5.10 Å². The van der Waals surface area contributed by atoms with Gasteiger partial charge in [0.1, 0.15) is 0 Å². The summed E-state index contributed by atoms with van der Waals surface area (Å²) in [5.41, 5.74) is 2.72. The molecule has 0 radical (unpaired) electrons. The minimum atomic E-state index is -3.11. The van der Waals surface area contributed by atoms with E-state index in [-0.39, 0.29) is 5.92 Å². The van der Waals surface area contributed by atoms with E-state index in [4.69, 9.17) is 0 Å². The molecule has 0 aliphatic carbocycles. The van der Waals surface area contributed by atoms with Gasteiger partial charge in [-0.25, -0.2) is 12.7 Å². The fraction of sp³-hybridized carbons (Fsp3) is 0.562. The van der Waals surface area contributed by atoms with Gasteiger partial charge in [-0.05, 0) is 25.2 Å². The normalized spacial score (nSPS) is 19.0. The number of rotatable bonds is 6. The molecule has 0 bridgehead atoms. The molecule has 1 aliphatic rings. The molecule has 2 aromatic rings. The maximum atomic E-state index is 11.7. The van der Waals surface area contributed by atoms with Crippen molar-refractivity contribution in [2.24, 2.45) is 5.92 Å². The van der Waals surface area contributed by atoms with Crippen LogP contribution in [0.1, 0.15) is 25.5 Å². The zero-order valence-corrected chi connectivity index (χ0v) is 14.9. The van der Waals surface area contributed by atoms with E-state index >= 15 is 0 Å². The molecular formula is C16H23N5O2S. The topological polar surface area (TPSA) is 81.0 Å². The first-order valence-electron chi connectivity index (χ1n) is 8.25. The number of aryl methyl sites for hydroxylation is 1. The number of sulfonamides is 1. The molecule has 1 atom stereocenters. The quantitative estimate of drug-likeness (QED) is 0.791. The van der Waals surface area contributed by atoms with Gasteiger partial charge < -0.3 is 0 Å². The highest BCUT2D eigenvalue weighted by Gasteiger charge is 2.29. The Morgan fingerprint density at radius 1 is 1.29 bits per heavy atom. The summed E-state index contributed by atoms with van der Waals surface area (Å²) in [6, 6.07) is 0. The molecule has 24 heavy (non-hydrogen) atoms. The van der Waals surface area contributed by atoms with Crippen LogP contribution >= 0.6 is 0 Å². The first-order chi connectivity index (χ1) is 11.5.